The smallest absolute Gasteiger partial charge is 0.274 e. The number of pyridine rings is 1. The molecule has 0 saturated heterocycles. The van der Waals surface area contributed by atoms with E-state index in [1.807, 2.05) is 68.4 Å². The summed E-state index contributed by atoms with van der Waals surface area (Å²) in [5, 5.41) is 32.5. The molecule has 13 heteroatoms. The Morgan fingerprint density at radius 1 is 0.857 bits per heavy atom. The number of imidazole rings is 1. The zero-order valence-corrected chi connectivity index (χ0v) is 32.9. The Bertz CT molecular complexity index is 1810. The highest BCUT2D eigenvalue weighted by atomic mass is 16.5. The quantitative estimate of drug-likeness (QED) is 0.0647. The summed E-state index contributed by atoms with van der Waals surface area (Å²) >= 11 is 0. The van der Waals surface area contributed by atoms with E-state index in [4.69, 9.17) is 9.47 Å². The van der Waals surface area contributed by atoms with Crippen molar-refractivity contribution in [1.29, 1.82) is 0 Å². The number of aromatic amines is 1. The number of hydrogen-bond donors (Lipinski definition) is 6. The largest absolute Gasteiger partial charge is 0.490 e. The lowest BCUT2D eigenvalue weighted by molar-refractivity contribution is -0.140. The second kappa shape index (κ2) is 20.8. The Balaban J connectivity index is 1.27. The average molecular weight is 771 g/mol. The fourth-order valence-electron chi connectivity index (χ4n) is 7.43. The molecule has 6 N–H and O–H groups in total. The van der Waals surface area contributed by atoms with Crippen molar-refractivity contribution in [2.24, 2.45) is 23.7 Å². The molecule has 0 spiro atoms. The Morgan fingerprint density at radius 2 is 1.57 bits per heavy atom. The highest BCUT2D eigenvalue weighted by Crippen LogP contribution is 2.30. The molecule has 1 saturated carbocycles. The number of carbonyl (C=O) groups is 3. The summed E-state index contributed by atoms with van der Waals surface area (Å²) in [4.78, 5) is 53.5. The number of benzene rings is 2. The second-order valence-corrected chi connectivity index (χ2v) is 15.2. The van der Waals surface area contributed by atoms with Crippen LogP contribution in [0.2, 0.25) is 0 Å². The molecule has 0 bridgehead atoms. The number of H-pyrrole nitrogens is 1. The van der Waals surface area contributed by atoms with Crippen LogP contribution in [0.4, 0.5) is 0 Å². The molecule has 0 aliphatic heterocycles. The van der Waals surface area contributed by atoms with Crippen LogP contribution in [0, 0.1) is 23.7 Å². The van der Waals surface area contributed by atoms with Gasteiger partial charge in [0, 0.05) is 6.20 Å². The number of nitrogens with zero attached hydrogens (tertiary/aromatic N) is 2. The lowest BCUT2D eigenvalue weighted by Gasteiger charge is -2.36. The number of aliphatic hydroxyl groups is 2. The molecule has 6 atom stereocenters. The zero-order chi connectivity index (χ0) is 40.0. The summed E-state index contributed by atoms with van der Waals surface area (Å²) in [6, 6.07) is 18.4. The highest BCUT2D eigenvalue weighted by molar-refractivity contribution is 5.95. The minimum atomic E-state index is -1.56. The molecule has 1 fully saturated rings. The molecule has 56 heavy (non-hydrogen) atoms. The third-order valence-corrected chi connectivity index (χ3v) is 10.8. The number of ether oxygens (including phenoxy) is 2. The van der Waals surface area contributed by atoms with Gasteiger partial charge < -0.3 is 40.6 Å². The van der Waals surface area contributed by atoms with Gasteiger partial charge in [0.25, 0.3) is 5.91 Å². The van der Waals surface area contributed by atoms with Gasteiger partial charge >= 0.3 is 0 Å². The summed E-state index contributed by atoms with van der Waals surface area (Å²) < 4.78 is 11.6. The van der Waals surface area contributed by atoms with Crippen molar-refractivity contribution in [3.05, 3.63) is 84.4 Å². The van der Waals surface area contributed by atoms with Gasteiger partial charge in [-0.3, -0.25) is 14.4 Å². The standard InChI is InChI=1S/C43H58N6O7/c1-5-28(4)37(42(53)45-26-35-46-31-19-12-13-20-32(31)47-35)49-41(52)36(27(2)3)40(51)39(50)33(25-29-15-8-6-9-16-29)48-43(54)38-34(21-14-22-44-38)56-24-23-55-30-17-10-7-11-18-30/h7,10-14,17-22,27-29,33,36-37,39-40,50-51H,5-6,8-9,15-16,23-26H2,1-4H3,(H,45,53)(H,46,47)(H,48,54)(H,49,52)/t28?,33-,36+,37?,39+,40+/m0/s1. The van der Waals surface area contributed by atoms with Gasteiger partial charge in [0.1, 0.15) is 36.9 Å². The van der Waals surface area contributed by atoms with Crippen LogP contribution >= 0.6 is 0 Å². The van der Waals surface area contributed by atoms with Crippen LogP contribution in [0.15, 0.2) is 72.9 Å². The number of aromatic nitrogens is 3. The lowest BCUT2D eigenvalue weighted by Crippen LogP contribution is -2.57. The number of hydrogen-bond acceptors (Lipinski definition) is 9. The van der Waals surface area contributed by atoms with Crippen LogP contribution in [0.3, 0.4) is 0 Å². The first-order valence-corrected chi connectivity index (χ1v) is 20.0. The van der Waals surface area contributed by atoms with Gasteiger partial charge in [-0.05, 0) is 60.6 Å². The number of rotatable bonds is 20. The van der Waals surface area contributed by atoms with Crippen LogP contribution in [-0.4, -0.2) is 80.4 Å². The molecule has 2 heterocycles. The number of aliphatic hydroxyl groups excluding tert-OH is 2. The van der Waals surface area contributed by atoms with E-state index >= 15 is 0 Å². The van der Waals surface area contributed by atoms with E-state index in [2.05, 4.69) is 30.9 Å². The third-order valence-electron chi connectivity index (χ3n) is 10.8. The number of fused-ring (bicyclic) bond motifs is 1. The fraction of sp³-hybridized carbons (Fsp3) is 0.512. The summed E-state index contributed by atoms with van der Waals surface area (Å²) in [5.74, 6) is -1.51. The minimum absolute atomic E-state index is 0.0331. The van der Waals surface area contributed by atoms with E-state index in [0.29, 0.717) is 24.4 Å². The van der Waals surface area contributed by atoms with Crippen LogP contribution in [0.1, 0.15) is 89.0 Å². The van der Waals surface area contributed by atoms with E-state index < -0.39 is 47.9 Å². The van der Waals surface area contributed by atoms with E-state index in [-0.39, 0.29) is 48.9 Å². The molecular formula is C43H58N6O7. The molecule has 2 aromatic heterocycles. The topological polar surface area (TPSA) is 188 Å². The molecule has 302 valence electrons. The van der Waals surface area contributed by atoms with Gasteiger partial charge in [0.2, 0.25) is 11.8 Å². The van der Waals surface area contributed by atoms with Gasteiger partial charge in [-0.2, -0.15) is 0 Å². The normalized spacial score (nSPS) is 16.6. The van der Waals surface area contributed by atoms with Gasteiger partial charge in [-0.15, -0.1) is 0 Å². The maximum absolute atomic E-state index is 14.1. The predicted molar refractivity (Wildman–Crippen MR) is 214 cm³/mol. The van der Waals surface area contributed by atoms with Crippen molar-refractivity contribution >= 4 is 28.8 Å². The molecular weight excluding hydrogens is 713 g/mol. The maximum atomic E-state index is 14.1. The lowest BCUT2D eigenvalue weighted by atomic mass is 9.79. The Kier molecular flexibility index (Phi) is 15.6. The SMILES string of the molecule is CCC(C)C(NC(=O)[C@H](C(C)C)[C@@H](O)[C@H](O)[C@H](CC1CCCCC1)NC(=O)c1ncccc1OCCOc1ccccc1)C(=O)NCc1nc2ccccc2[nH]1. The van der Waals surface area contributed by atoms with Gasteiger partial charge in [0.05, 0.1) is 35.6 Å². The number of nitrogens with one attached hydrogen (secondary N) is 4. The third kappa shape index (κ3) is 11.5. The van der Waals surface area contributed by atoms with Crippen molar-refractivity contribution in [2.75, 3.05) is 13.2 Å². The van der Waals surface area contributed by atoms with Crippen LogP contribution < -0.4 is 25.4 Å². The summed E-state index contributed by atoms with van der Waals surface area (Å²) in [7, 11) is 0. The molecule has 1 aliphatic carbocycles. The molecule has 3 amide bonds. The Labute approximate surface area is 329 Å². The van der Waals surface area contributed by atoms with Gasteiger partial charge in [-0.25, -0.2) is 9.97 Å². The monoisotopic (exact) mass is 770 g/mol. The van der Waals surface area contributed by atoms with Crippen molar-refractivity contribution in [1.82, 2.24) is 30.9 Å². The highest BCUT2D eigenvalue weighted by Gasteiger charge is 2.41. The predicted octanol–water partition coefficient (Wildman–Crippen LogP) is 5.33. The molecule has 13 nitrogen and oxygen atoms in total. The minimum Gasteiger partial charge on any atom is -0.490 e. The summed E-state index contributed by atoms with van der Waals surface area (Å²) in [6.07, 6.45) is 4.51. The zero-order valence-electron chi connectivity index (χ0n) is 32.9. The van der Waals surface area contributed by atoms with Crippen molar-refractivity contribution in [3.63, 3.8) is 0 Å². The van der Waals surface area contributed by atoms with E-state index in [9.17, 15) is 24.6 Å². The van der Waals surface area contributed by atoms with Gasteiger partial charge in [0.15, 0.2) is 11.4 Å². The van der Waals surface area contributed by atoms with Crippen LogP contribution in [0.25, 0.3) is 11.0 Å². The number of carbonyl (C=O) groups excluding carboxylic acids is 3. The molecule has 4 aromatic rings. The van der Waals surface area contributed by atoms with E-state index in [0.717, 1.165) is 43.1 Å². The molecule has 1 aliphatic rings. The van der Waals surface area contributed by atoms with Crippen molar-refractivity contribution in [3.8, 4) is 11.5 Å². The Morgan fingerprint density at radius 3 is 2.29 bits per heavy atom. The first kappa shape index (κ1) is 42.1. The van der Waals surface area contributed by atoms with Gasteiger partial charge in [-0.1, -0.05) is 96.6 Å². The van der Waals surface area contributed by atoms with Crippen LogP contribution in [-0.2, 0) is 16.1 Å². The number of para-hydroxylation sites is 3. The summed E-state index contributed by atoms with van der Waals surface area (Å²) in [5.41, 5.74) is 1.67. The molecule has 2 aromatic carbocycles. The van der Waals surface area contributed by atoms with Crippen molar-refractivity contribution in [2.45, 2.75) is 103 Å². The van der Waals surface area contributed by atoms with E-state index in [1.165, 1.54) is 6.20 Å². The second-order valence-electron chi connectivity index (χ2n) is 15.2. The molecule has 5 rings (SSSR count). The molecule has 2 unspecified atom stereocenters. The fourth-order valence-corrected chi connectivity index (χ4v) is 7.43. The van der Waals surface area contributed by atoms with Crippen LogP contribution in [0.5, 0.6) is 11.5 Å². The first-order valence-electron chi connectivity index (χ1n) is 20.0. The molecule has 0 radical (unpaired) electrons. The Hall–Kier alpha value is -5.01. The van der Waals surface area contributed by atoms with Crippen molar-refractivity contribution < 1.29 is 34.1 Å². The van der Waals surface area contributed by atoms with E-state index in [1.54, 1.807) is 26.0 Å². The average Bonchev–Trinajstić information content (AvgIpc) is 3.64. The summed E-state index contributed by atoms with van der Waals surface area (Å²) in [6.45, 7) is 7.93. The number of amides is 3. The first-order chi connectivity index (χ1) is 27.0. The maximum Gasteiger partial charge on any atom is 0.274 e.